The number of anilines is 1. The molecule has 0 aromatic heterocycles. The predicted molar refractivity (Wildman–Crippen MR) is 107 cm³/mol. The summed E-state index contributed by atoms with van der Waals surface area (Å²) in [6, 6.07) is 1.39. The summed E-state index contributed by atoms with van der Waals surface area (Å²) >= 11 is 0. The second kappa shape index (κ2) is 8.30. The maximum absolute atomic E-state index is 12.9. The first-order chi connectivity index (χ1) is 14.1. The molecule has 0 saturated carbocycles. The van der Waals surface area contributed by atoms with E-state index in [1.807, 2.05) is 11.9 Å². The lowest BCUT2D eigenvalue weighted by molar-refractivity contribution is -0.151. The summed E-state index contributed by atoms with van der Waals surface area (Å²) < 4.78 is 27.0. The third kappa shape index (κ3) is 3.90. The number of carbonyl (C=O) groups is 2. The molecule has 0 spiro atoms. The minimum Gasteiger partial charge on any atom is -0.478 e. The third-order valence-electron chi connectivity index (χ3n) is 5.09. The van der Waals surface area contributed by atoms with E-state index < -0.39 is 34.6 Å². The number of likely N-dealkylation sites (N-methyl/N-ethyl adjacent to an activating group) is 1. The van der Waals surface area contributed by atoms with E-state index in [0.29, 0.717) is 36.3 Å². The molecule has 2 aliphatic rings. The van der Waals surface area contributed by atoms with Crippen LogP contribution in [0.15, 0.2) is 16.1 Å². The topological polar surface area (TPSA) is 149 Å². The van der Waals surface area contributed by atoms with Gasteiger partial charge in [0.2, 0.25) is 16.1 Å². The lowest BCUT2D eigenvalue weighted by Gasteiger charge is -2.29. The van der Waals surface area contributed by atoms with Crippen molar-refractivity contribution in [2.45, 2.75) is 30.4 Å². The number of nitrogens with zero attached hydrogens (tertiary/aromatic N) is 3. The van der Waals surface area contributed by atoms with E-state index in [1.54, 1.807) is 0 Å². The van der Waals surface area contributed by atoms with Gasteiger partial charge in [-0.25, -0.2) is 17.5 Å². The molecule has 2 aliphatic heterocycles. The molecule has 3 rings (SSSR count). The zero-order valence-corrected chi connectivity index (χ0v) is 17.7. The summed E-state index contributed by atoms with van der Waals surface area (Å²) in [6.07, 6.45) is -1.15. The van der Waals surface area contributed by atoms with Crippen LogP contribution in [0.1, 0.15) is 23.1 Å². The Labute approximate surface area is 174 Å². The highest BCUT2D eigenvalue weighted by atomic mass is 32.2. The van der Waals surface area contributed by atoms with E-state index in [9.17, 15) is 18.0 Å². The number of amides is 1. The largest absolute Gasteiger partial charge is 0.478 e. The van der Waals surface area contributed by atoms with E-state index in [0.717, 1.165) is 4.31 Å². The summed E-state index contributed by atoms with van der Waals surface area (Å²) in [5, 5.41) is 24.5. The van der Waals surface area contributed by atoms with Gasteiger partial charge in [0.1, 0.15) is 0 Å². The lowest BCUT2D eigenvalue weighted by atomic mass is 9.95. The Bertz CT molecular complexity index is 1020. The molecular weight excluding hydrogens is 416 g/mol. The molecule has 12 heteroatoms. The van der Waals surface area contributed by atoms with Gasteiger partial charge in [-0.05, 0) is 30.7 Å². The van der Waals surface area contributed by atoms with Gasteiger partial charge in [-0.1, -0.05) is 5.16 Å². The number of hydrogen-bond donors (Lipinski definition) is 3. The van der Waals surface area contributed by atoms with Crippen molar-refractivity contribution in [3.8, 4) is 0 Å². The number of rotatable bonds is 7. The van der Waals surface area contributed by atoms with E-state index in [1.165, 1.54) is 20.2 Å². The van der Waals surface area contributed by atoms with Crippen molar-refractivity contribution in [1.29, 1.82) is 0 Å². The fourth-order valence-electron chi connectivity index (χ4n) is 3.45. The molecule has 0 saturated heterocycles. The van der Waals surface area contributed by atoms with Crippen molar-refractivity contribution in [3.05, 3.63) is 22.8 Å². The molecule has 2 heterocycles. The average molecular weight is 440 g/mol. The molecule has 0 radical (unpaired) electrons. The summed E-state index contributed by atoms with van der Waals surface area (Å²) in [7, 11) is 0.950. The van der Waals surface area contributed by atoms with Crippen molar-refractivity contribution in [2.24, 2.45) is 5.16 Å². The third-order valence-corrected chi connectivity index (χ3v) is 6.97. The fraction of sp³-hybridized carbons (Fsp3) is 0.500. The Hall–Kier alpha value is -2.54. The van der Waals surface area contributed by atoms with Crippen LogP contribution in [-0.2, 0) is 37.4 Å². The molecular formula is C18H24N4O7S. The van der Waals surface area contributed by atoms with E-state index in [4.69, 9.17) is 15.1 Å². The standard InChI is InChI=1S/C18H24N4O7S/c1-21(2)30(27,28)14-8-11-15(12-9-22(3)6-4-10(12)14)19-17(24)16(11)20-29-13(5-7-23)18(25)26/h8,13,23H,4-7,9H2,1-3H3,(H,25,26)(H,19,20,24). The van der Waals surface area contributed by atoms with Crippen LogP contribution in [0.5, 0.6) is 0 Å². The molecule has 0 aliphatic carbocycles. The molecule has 1 unspecified atom stereocenters. The maximum atomic E-state index is 12.9. The van der Waals surface area contributed by atoms with Crippen molar-refractivity contribution >= 4 is 33.3 Å². The first kappa shape index (κ1) is 22.2. The summed E-state index contributed by atoms with van der Waals surface area (Å²) in [4.78, 5) is 30.8. The second-order valence-corrected chi connectivity index (χ2v) is 9.49. The number of fused-ring (bicyclic) bond motifs is 3. The number of aliphatic hydroxyl groups excluding tert-OH is 1. The Balaban J connectivity index is 2.15. The van der Waals surface area contributed by atoms with Crippen LogP contribution in [0.2, 0.25) is 0 Å². The van der Waals surface area contributed by atoms with Crippen LogP contribution in [-0.4, -0.2) is 85.8 Å². The highest BCUT2D eigenvalue weighted by molar-refractivity contribution is 7.89. The highest BCUT2D eigenvalue weighted by Gasteiger charge is 2.37. The van der Waals surface area contributed by atoms with Crippen molar-refractivity contribution in [1.82, 2.24) is 9.21 Å². The first-order valence-electron chi connectivity index (χ1n) is 9.27. The Kier molecular flexibility index (Phi) is 6.13. The van der Waals surface area contributed by atoms with Gasteiger partial charge < -0.3 is 25.3 Å². The molecule has 164 valence electrons. The Morgan fingerprint density at radius 2 is 2.10 bits per heavy atom. The van der Waals surface area contributed by atoms with Gasteiger partial charge in [-0.2, -0.15) is 0 Å². The molecule has 1 atom stereocenters. The molecule has 0 bridgehead atoms. The van der Waals surface area contributed by atoms with Crippen LogP contribution in [0.25, 0.3) is 0 Å². The van der Waals surface area contributed by atoms with E-state index >= 15 is 0 Å². The van der Waals surface area contributed by atoms with Crippen LogP contribution < -0.4 is 5.32 Å². The van der Waals surface area contributed by atoms with Gasteiger partial charge in [0.15, 0.2) is 5.71 Å². The van der Waals surface area contributed by atoms with Crippen LogP contribution in [0, 0.1) is 0 Å². The number of carboxylic acids is 1. The summed E-state index contributed by atoms with van der Waals surface area (Å²) in [6.45, 7) is 0.669. The number of benzene rings is 1. The number of hydrogen-bond acceptors (Lipinski definition) is 8. The minimum absolute atomic E-state index is 0.0868. The molecule has 1 amide bonds. The van der Waals surface area contributed by atoms with Gasteiger partial charge in [-0.15, -0.1) is 0 Å². The Morgan fingerprint density at radius 3 is 2.70 bits per heavy atom. The SMILES string of the molecule is CN1CCc2c(S(=O)(=O)N(C)C)cc3c(c2C1)NC(=O)/C3=N/OC(CCO)C(=O)O. The molecule has 11 nitrogen and oxygen atoms in total. The van der Waals surface area contributed by atoms with Crippen molar-refractivity contribution in [2.75, 3.05) is 39.6 Å². The van der Waals surface area contributed by atoms with Crippen molar-refractivity contribution < 1.29 is 33.1 Å². The first-order valence-corrected chi connectivity index (χ1v) is 10.7. The van der Waals surface area contributed by atoms with Gasteiger partial charge in [0.25, 0.3) is 5.91 Å². The number of aliphatic hydroxyl groups is 1. The van der Waals surface area contributed by atoms with Crippen LogP contribution in [0.4, 0.5) is 5.69 Å². The van der Waals surface area contributed by atoms with E-state index in [-0.39, 0.29) is 22.6 Å². The summed E-state index contributed by atoms with van der Waals surface area (Å²) in [5.41, 5.74) is 1.82. The monoisotopic (exact) mass is 440 g/mol. The average Bonchev–Trinajstić information content (AvgIpc) is 2.99. The summed E-state index contributed by atoms with van der Waals surface area (Å²) in [5.74, 6) is -1.96. The fourth-order valence-corrected chi connectivity index (χ4v) is 4.65. The van der Waals surface area contributed by atoms with Crippen LogP contribution >= 0.6 is 0 Å². The van der Waals surface area contributed by atoms with E-state index in [2.05, 4.69) is 10.5 Å². The smallest absolute Gasteiger partial charge is 0.347 e. The maximum Gasteiger partial charge on any atom is 0.347 e. The molecule has 30 heavy (non-hydrogen) atoms. The predicted octanol–water partition coefficient (Wildman–Crippen LogP) is -0.567. The molecule has 0 fully saturated rings. The van der Waals surface area contributed by atoms with Gasteiger partial charge in [0, 0.05) is 45.8 Å². The van der Waals surface area contributed by atoms with Gasteiger partial charge in [-0.3, -0.25) is 4.79 Å². The zero-order valence-electron chi connectivity index (χ0n) is 16.9. The number of nitrogens with one attached hydrogen (secondary N) is 1. The number of sulfonamides is 1. The second-order valence-electron chi connectivity index (χ2n) is 7.37. The minimum atomic E-state index is -3.80. The number of aliphatic carboxylic acids is 1. The number of carbonyl (C=O) groups excluding carboxylic acids is 1. The highest BCUT2D eigenvalue weighted by Crippen LogP contribution is 2.38. The number of oxime groups is 1. The molecule has 1 aromatic carbocycles. The Morgan fingerprint density at radius 1 is 1.40 bits per heavy atom. The normalized spacial score (nSPS) is 18.8. The lowest BCUT2D eigenvalue weighted by Crippen LogP contribution is -2.31. The quantitative estimate of drug-likeness (QED) is 0.478. The molecule has 3 N–H and O–H groups in total. The number of carboxylic acid groups (broad SMARTS) is 1. The van der Waals surface area contributed by atoms with Gasteiger partial charge >= 0.3 is 5.97 Å². The zero-order chi connectivity index (χ0) is 22.2. The van der Waals surface area contributed by atoms with Crippen molar-refractivity contribution in [3.63, 3.8) is 0 Å². The molecule has 1 aromatic rings. The van der Waals surface area contributed by atoms with Crippen LogP contribution in [0.3, 0.4) is 0 Å². The van der Waals surface area contributed by atoms with Gasteiger partial charge in [0.05, 0.1) is 10.6 Å².